The van der Waals surface area contributed by atoms with Gasteiger partial charge in [-0.15, -0.1) is 0 Å². The van der Waals surface area contributed by atoms with E-state index in [9.17, 15) is 0 Å². The first kappa shape index (κ1) is 3.72. The van der Waals surface area contributed by atoms with E-state index < -0.39 is 0 Å². The molecule has 1 rings (SSSR count). The van der Waals surface area contributed by atoms with Crippen LogP contribution in [-0.4, -0.2) is 5.11 Å². The maximum absolute atomic E-state index is 8.46. The number of hydrogen-bond donors (Lipinski definition) is 1. The first-order chi connectivity index (χ1) is 2.80. The second-order valence-corrected chi connectivity index (χ2v) is 1.55. The van der Waals surface area contributed by atoms with Crippen LogP contribution < -0.4 is 0 Å². The van der Waals surface area contributed by atoms with Gasteiger partial charge in [0.05, 0.1) is 5.76 Å². The summed E-state index contributed by atoms with van der Waals surface area (Å²) in [6, 6.07) is 0. The van der Waals surface area contributed by atoms with Gasteiger partial charge in [-0.05, 0) is 12.8 Å². The molecule has 1 heteroatoms. The van der Waals surface area contributed by atoms with E-state index >= 15 is 0 Å². The maximum atomic E-state index is 8.46. The van der Waals surface area contributed by atoms with Gasteiger partial charge < -0.3 is 5.11 Å². The predicted octanol–water partition coefficient (Wildman–Crippen LogP) is 1.43. The standard InChI is InChI=1S/C5H7O/c1-4(6)5-2-3-5/h6H,1-3H2. The highest BCUT2D eigenvalue weighted by Gasteiger charge is 2.24. The summed E-state index contributed by atoms with van der Waals surface area (Å²) in [7, 11) is 0. The second-order valence-electron chi connectivity index (χ2n) is 1.55. The Hall–Kier alpha value is -0.460. The van der Waals surface area contributed by atoms with Crippen LogP contribution in [0.2, 0.25) is 0 Å². The molecular weight excluding hydrogens is 76.1 g/mol. The van der Waals surface area contributed by atoms with Crippen molar-refractivity contribution < 1.29 is 5.11 Å². The number of aliphatic hydroxyl groups excluding tert-OH is 1. The van der Waals surface area contributed by atoms with Gasteiger partial charge in [0.25, 0.3) is 0 Å². The first-order valence-corrected chi connectivity index (χ1v) is 2.03. The lowest BCUT2D eigenvalue weighted by molar-refractivity contribution is 0.420. The molecule has 1 saturated carbocycles. The Kier molecular flexibility index (Phi) is 0.621. The monoisotopic (exact) mass is 83.0 g/mol. The Morgan fingerprint density at radius 3 is 2.17 bits per heavy atom. The third-order valence-corrected chi connectivity index (χ3v) is 0.908. The van der Waals surface area contributed by atoms with Crippen molar-refractivity contribution in [3.05, 3.63) is 18.3 Å². The summed E-state index contributed by atoms with van der Waals surface area (Å²) in [4.78, 5) is 0. The molecule has 1 aliphatic carbocycles. The van der Waals surface area contributed by atoms with Crippen molar-refractivity contribution in [2.24, 2.45) is 0 Å². The van der Waals surface area contributed by atoms with Crippen LogP contribution in [-0.2, 0) is 0 Å². The summed E-state index contributed by atoms with van der Waals surface area (Å²) < 4.78 is 0. The zero-order valence-corrected chi connectivity index (χ0v) is 3.57. The molecule has 0 aromatic carbocycles. The lowest BCUT2D eigenvalue weighted by Gasteiger charge is -1.82. The van der Waals surface area contributed by atoms with Gasteiger partial charge in [-0.1, -0.05) is 6.58 Å². The molecule has 1 radical (unpaired) electrons. The molecule has 0 bridgehead atoms. The van der Waals surface area contributed by atoms with Crippen molar-refractivity contribution in [3.8, 4) is 0 Å². The molecule has 0 spiro atoms. The molecule has 0 aromatic rings. The largest absolute Gasteiger partial charge is 0.512 e. The van der Waals surface area contributed by atoms with E-state index in [0.717, 1.165) is 18.8 Å². The van der Waals surface area contributed by atoms with Gasteiger partial charge >= 0.3 is 0 Å². The molecule has 33 valence electrons. The van der Waals surface area contributed by atoms with E-state index in [4.69, 9.17) is 5.11 Å². The summed E-state index contributed by atoms with van der Waals surface area (Å²) in [6.45, 7) is 3.34. The van der Waals surface area contributed by atoms with Crippen LogP contribution in [0.3, 0.4) is 0 Å². The Labute approximate surface area is 37.3 Å². The van der Waals surface area contributed by atoms with Crippen molar-refractivity contribution in [2.75, 3.05) is 0 Å². The Morgan fingerprint density at radius 1 is 1.67 bits per heavy atom. The molecule has 1 aliphatic rings. The fraction of sp³-hybridized carbons (Fsp3) is 0.400. The van der Waals surface area contributed by atoms with Crippen molar-refractivity contribution in [2.45, 2.75) is 12.8 Å². The highest BCUT2D eigenvalue weighted by molar-refractivity contribution is 5.23. The topological polar surface area (TPSA) is 20.2 Å². The third kappa shape index (κ3) is 0.534. The Morgan fingerprint density at radius 2 is 2.17 bits per heavy atom. The first-order valence-electron chi connectivity index (χ1n) is 2.03. The highest BCUT2D eigenvalue weighted by Crippen LogP contribution is 2.36. The third-order valence-electron chi connectivity index (χ3n) is 0.908. The van der Waals surface area contributed by atoms with Gasteiger partial charge in [-0.25, -0.2) is 0 Å². The van der Waals surface area contributed by atoms with Crippen LogP contribution >= 0.6 is 0 Å². The molecule has 1 fully saturated rings. The summed E-state index contributed by atoms with van der Waals surface area (Å²) in [5.41, 5.74) is 0. The minimum atomic E-state index is 0.287. The lowest BCUT2D eigenvalue weighted by atomic mass is 10.4. The normalized spacial score (nSPS) is 20.7. The number of allylic oxidation sites excluding steroid dienone is 1. The van der Waals surface area contributed by atoms with Gasteiger partial charge in [0.1, 0.15) is 0 Å². The van der Waals surface area contributed by atoms with E-state index in [1.165, 1.54) is 0 Å². The quantitative estimate of drug-likeness (QED) is 0.475. The minimum Gasteiger partial charge on any atom is -0.512 e. The summed E-state index contributed by atoms with van der Waals surface area (Å²) in [5, 5.41) is 8.46. The van der Waals surface area contributed by atoms with Gasteiger partial charge in [0.2, 0.25) is 0 Å². The molecule has 0 heterocycles. The summed E-state index contributed by atoms with van der Waals surface area (Å²) in [6.07, 6.45) is 2.13. The van der Waals surface area contributed by atoms with Crippen LogP contribution in [0.1, 0.15) is 12.8 Å². The molecule has 0 unspecified atom stereocenters. The average Bonchev–Trinajstić information content (AvgIpc) is 2.06. The molecule has 1 nitrogen and oxygen atoms in total. The average molecular weight is 83.1 g/mol. The number of aliphatic hydroxyl groups is 1. The maximum Gasteiger partial charge on any atom is 0.0922 e. The van der Waals surface area contributed by atoms with Crippen molar-refractivity contribution >= 4 is 0 Å². The molecule has 0 saturated heterocycles. The summed E-state index contributed by atoms with van der Waals surface area (Å²) in [5.74, 6) is 1.41. The minimum absolute atomic E-state index is 0.287. The van der Waals surface area contributed by atoms with Crippen LogP contribution in [0.5, 0.6) is 0 Å². The van der Waals surface area contributed by atoms with E-state index in [0.29, 0.717) is 0 Å². The molecule has 6 heavy (non-hydrogen) atoms. The molecule has 0 atom stereocenters. The van der Waals surface area contributed by atoms with Gasteiger partial charge in [0, 0.05) is 5.92 Å². The molecule has 1 N–H and O–H groups in total. The van der Waals surface area contributed by atoms with Gasteiger partial charge in [-0.2, -0.15) is 0 Å². The molecular formula is C5H7O. The second kappa shape index (κ2) is 1.00. The number of rotatable bonds is 1. The highest BCUT2D eigenvalue weighted by atomic mass is 16.3. The van der Waals surface area contributed by atoms with E-state index in [1.54, 1.807) is 0 Å². The zero-order chi connectivity index (χ0) is 4.57. The number of hydrogen-bond acceptors (Lipinski definition) is 1. The van der Waals surface area contributed by atoms with Crippen molar-refractivity contribution in [1.82, 2.24) is 0 Å². The molecule has 0 aromatic heterocycles. The van der Waals surface area contributed by atoms with Crippen LogP contribution in [0.4, 0.5) is 0 Å². The fourth-order valence-corrected chi connectivity index (χ4v) is 0.351. The Balaban J connectivity index is 2.31. The van der Waals surface area contributed by atoms with Crippen molar-refractivity contribution in [1.29, 1.82) is 0 Å². The smallest absolute Gasteiger partial charge is 0.0922 e. The lowest BCUT2D eigenvalue weighted by Crippen LogP contribution is -1.72. The summed E-state index contributed by atoms with van der Waals surface area (Å²) >= 11 is 0. The van der Waals surface area contributed by atoms with Crippen LogP contribution in [0.15, 0.2) is 12.3 Å². The van der Waals surface area contributed by atoms with Crippen LogP contribution in [0, 0.1) is 5.92 Å². The van der Waals surface area contributed by atoms with E-state index in [1.807, 2.05) is 0 Å². The van der Waals surface area contributed by atoms with Crippen molar-refractivity contribution in [3.63, 3.8) is 0 Å². The molecule has 0 aliphatic heterocycles. The zero-order valence-electron chi connectivity index (χ0n) is 3.57. The SMILES string of the molecule is C=C(O)[C]1CC1. The van der Waals surface area contributed by atoms with Crippen LogP contribution in [0.25, 0.3) is 0 Å². The van der Waals surface area contributed by atoms with Gasteiger partial charge in [0.15, 0.2) is 0 Å². The molecule has 0 amide bonds. The predicted molar refractivity (Wildman–Crippen MR) is 24.2 cm³/mol. The van der Waals surface area contributed by atoms with E-state index in [2.05, 4.69) is 6.58 Å². The fourth-order valence-electron chi connectivity index (χ4n) is 0.351. The Bertz CT molecular complexity index is 72.0. The van der Waals surface area contributed by atoms with E-state index in [-0.39, 0.29) is 5.76 Å². The van der Waals surface area contributed by atoms with Gasteiger partial charge in [-0.3, -0.25) is 0 Å².